The van der Waals surface area contributed by atoms with E-state index in [0.29, 0.717) is 12.3 Å². The van der Waals surface area contributed by atoms with Crippen LogP contribution in [0, 0.1) is 0 Å². The van der Waals surface area contributed by atoms with Crippen molar-refractivity contribution in [1.82, 2.24) is 14.9 Å². The topological polar surface area (TPSA) is 71.4 Å². The SMILES string of the molecule is COc1c[nH]c(CN2CCC[C@H](c3nc4ccccc4o3)C2)cc1=O. The molecule has 0 amide bonds. The van der Waals surface area contributed by atoms with E-state index in [1.54, 1.807) is 12.3 Å². The second-order valence-electron chi connectivity index (χ2n) is 6.48. The maximum atomic E-state index is 11.9. The number of aromatic amines is 1. The summed E-state index contributed by atoms with van der Waals surface area (Å²) in [7, 11) is 1.50. The fourth-order valence-electron chi connectivity index (χ4n) is 3.46. The molecular formula is C19H21N3O3. The maximum Gasteiger partial charge on any atom is 0.223 e. The van der Waals surface area contributed by atoms with Crippen LogP contribution in [-0.4, -0.2) is 35.1 Å². The Bertz CT molecular complexity index is 898. The molecule has 1 aliphatic rings. The van der Waals surface area contributed by atoms with Crippen molar-refractivity contribution in [3.05, 3.63) is 58.3 Å². The van der Waals surface area contributed by atoms with E-state index in [1.807, 2.05) is 24.3 Å². The summed E-state index contributed by atoms with van der Waals surface area (Å²) in [5.41, 5.74) is 2.55. The number of para-hydroxylation sites is 2. The van der Waals surface area contributed by atoms with Gasteiger partial charge in [-0.1, -0.05) is 12.1 Å². The zero-order valence-corrected chi connectivity index (χ0v) is 14.2. The molecule has 6 nitrogen and oxygen atoms in total. The minimum atomic E-state index is -0.0937. The third-order valence-corrected chi connectivity index (χ3v) is 4.72. The number of oxazole rings is 1. The number of methoxy groups -OCH3 is 1. The Labute approximate surface area is 145 Å². The van der Waals surface area contributed by atoms with Crippen molar-refractivity contribution >= 4 is 11.1 Å². The first-order valence-corrected chi connectivity index (χ1v) is 8.56. The van der Waals surface area contributed by atoms with Crippen LogP contribution in [0.4, 0.5) is 0 Å². The summed E-state index contributed by atoms with van der Waals surface area (Å²) in [5, 5.41) is 0. The number of piperidine rings is 1. The summed E-state index contributed by atoms with van der Waals surface area (Å²) < 4.78 is 11.0. The average molecular weight is 339 g/mol. The molecule has 0 bridgehead atoms. The first-order valence-electron chi connectivity index (χ1n) is 8.56. The van der Waals surface area contributed by atoms with E-state index in [2.05, 4.69) is 14.9 Å². The number of hydrogen-bond acceptors (Lipinski definition) is 5. The molecule has 25 heavy (non-hydrogen) atoms. The molecule has 2 aromatic heterocycles. The first kappa shape index (κ1) is 15.9. The fraction of sp³-hybridized carbons (Fsp3) is 0.368. The minimum absolute atomic E-state index is 0.0937. The van der Waals surface area contributed by atoms with Gasteiger partial charge in [0, 0.05) is 37.0 Å². The molecule has 1 aliphatic heterocycles. The molecule has 1 saturated heterocycles. The number of likely N-dealkylation sites (tertiary alicyclic amines) is 1. The zero-order chi connectivity index (χ0) is 17.2. The molecule has 0 unspecified atom stereocenters. The highest BCUT2D eigenvalue weighted by molar-refractivity contribution is 5.72. The van der Waals surface area contributed by atoms with Gasteiger partial charge >= 0.3 is 0 Å². The molecular weight excluding hydrogens is 318 g/mol. The van der Waals surface area contributed by atoms with Gasteiger partial charge in [-0.2, -0.15) is 0 Å². The normalized spacial score (nSPS) is 18.5. The molecule has 0 saturated carbocycles. The largest absolute Gasteiger partial charge is 0.491 e. The lowest BCUT2D eigenvalue weighted by Gasteiger charge is -2.31. The Morgan fingerprint density at radius 1 is 1.40 bits per heavy atom. The van der Waals surface area contributed by atoms with Gasteiger partial charge in [-0.25, -0.2) is 4.98 Å². The van der Waals surface area contributed by atoms with E-state index < -0.39 is 0 Å². The summed E-state index contributed by atoms with van der Waals surface area (Å²) in [6.07, 6.45) is 3.78. The van der Waals surface area contributed by atoms with Gasteiger partial charge in [-0.05, 0) is 31.5 Å². The molecule has 0 radical (unpaired) electrons. The lowest BCUT2D eigenvalue weighted by Crippen LogP contribution is -2.34. The molecule has 0 aliphatic carbocycles. The number of hydrogen-bond donors (Lipinski definition) is 1. The highest BCUT2D eigenvalue weighted by Crippen LogP contribution is 2.29. The monoisotopic (exact) mass is 339 g/mol. The van der Waals surface area contributed by atoms with E-state index in [-0.39, 0.29) is 11.3 Å². The molecule has 130 valence electrons. The Morgan fingerprint density at radius 3 is 3.08 bits per heavy atom. The van der Waals surface area contributed by atoms with Gasteiger partial charge in [0.15, 0.2) is 17.2 Å². The zero-order valence-electron chi connectivity index (χ0n) is 14.2. The molecule has 3 heterocycles. The smallest absolute Gasteiger partial charge is 0.223 e. The number of H-pyrrole nitrogens is 1. The lowest BCUT2D eigenvalue weighted by molar-refractivity contribution is 0.185. The van der Waals surface area contributed by atoms with Crippen LogP contribution >= 0.6 is 0 Å². The van der Waals surface area contributed by atoms with Crippen molar-refractivity contribution in [2.45, 2.75) is 25.3 Å². The van der Waals surface area contributed by atoms with Crippen LogP contribution in [0.2, 0.25) is 0 Å². The lowest BCUT2D eigenvalue weighted by atomic mass is 9.98. The average Bonchev–Trinajstić information content (AvgIpc) is 3.06. The number of fused-ring (bicyclic) bond motifs is 1. The van der Waals surface area contributed by atoms with E-state index in [0.717, 1.165) is 48.6 Å². The fourth-order valence-corrected chi connectivity index (χ4v) is 3.46. The molecule has 1 N–H and O–H groups in total. The van der Waals surface area contributed by atoms with Crippen LogP contribution in [-0.2, 0) is 6.54 Å². The van der Waals surface area contributed by atoms with Crippen molar-refractivity contribution in [2.24, 2.45) is 0 Å². The van der Waals surface area contributed by atoms with E-state index >= 15 is 0 Å². The predicted molar refractivity (Wildman–Crippen MR) is 94.9 cm³/mol. The number of benzene rings is 1. The third-order valence-electron chi connectivity index (χ3n) is 4.72. The van der Waals surface area contributed by atoms with Gasteiger partial charge < -0.3 is 14.1 Å². The predicted octanol–water partition coefficient (Wildman–Crippen LogP) is 2.90. The van der Waals surface area contributed by atoms with Gasteiger partial charge in [-0.15, -0.1) is 0 Å². The van der Waals surface area contributed by atoms with Crippen molar-refractivity contribution in [3.8, 4) is 5.75 Å². The number of aromatic nitrogens is 2. The van der Waals surface area contributed by atoms with Crippen molar-refractivity contribution in [2.75, 3.05) is 20.2 Å². The second-order valence-corrected chi connectivity index (χ2v) is 6.48. The summed E-state index contributed by atoms with van der Waals surface area (Å²) in [6, 6.07) is 9.48. The Balaban J connectivity index is 1.49. The van der Waals surface area contributed by atoms with Crippen LogP contribution in [0.5, 0.6) is 5.75 Å². The molecule has 1 aromatic carbocycles. The van der Waals surface area contributed by atoms with Gasteiger partial charge in [-0.3, -0.25) is 9.69 Å². The van der Waals surface area contributed by atoms with Crippen molar-refractivity contribution < 1.29 is 9.15 Å². The van der Waals surface area contributed by atoms with Crippen molar-refractivity contribution in [3.63, 3.8) is 0 Å². The number of ether oxygens (including phenoxy) is 1. The molecule has 0 spiro atoms. The second kappa shape index (κ2) is 6.72. The Hall–Kier alpha value is -2.60. The van der Waals surface area contributed by atoms with Crippen LogP contribution in [0.15, 0.2) is 45.7 Å². The molecule has 1 fully saturated rings. The highest BCUT2D eigenvalue weighted by atomic mass is 16.5. The quantitative estimate of drug-likeness (QED) is 0.791. The van der Waals surface area contributed by atoms with Gasteiger partial charge in [0.2, 0.25) is 5.43 Å². The minimum Gasteiger partial charge on any atom is -0.491 e. The summed E-state index contributed by atoms with van der Waals surface area (Å²) in [4.78, 5) is 22.0. The van der Waals surface area contributed by atoms with Gasteiger partial charge in [0.25, 0.3) is 0 Å². The van der Waals surface area contributed by atoms with E-state index in [1.165, 1.54) is 7.11 Å². The molecule has 3 aromatic rings. The summed E-state index contributed by atoms with van der Waals surface area (Å²) in [5.74, 6) is 1.44. The van der Waals surface area contributed by atoms with Gasteiger partial charge in [0.05, 0.1) is 7.11 Å². The van der Waals surface area contributed by atoms with E-state index in [4.69, 9.17) is 9.15 Å². The van der Waals surface area contributed by atoms with E-state index in [9.17, 15) is 4.79 Å². The Kier molecular flexibility index (Phi) is 4.28. The van der Waals surface area contributed by atoms with Crippen LogP contribution in [0.3, 0.4) is 0 Å². The number of nitrogens with zero attached hydrogens (tertiary/aromatic N) is 2. The number of pyridine rings is 1. The molecule has 1 atom stereocenters. The number of rotatable bonds is 4. The van der Waals surface area contributed by atoms with Crippen LogP contribution in [0.25, 0.3) is 11.1 Å². The first-order chi connectivity index (χ1) is 12.2. The molecule has 6 heteroatoms. The summed E-state index contributed by atoms with van der Waals surface area (Å²) in [6.45, 7) is 2.58. The van der Waals surface area contributed by atoms with Crippen LogP contribution in [0.1, 0.15) is 30.3 Å². The Morgan fingerprint density at radius 2 is 2.28 bits per heavy atom. The third kappa shape index (κ3) is 3.30. The maximum absolute atomic E-state index is 11.9. The highest BCUT2D eigenvalue weighted by Gasteiger charge is 2.25. The standard InChI is InChI=1S/C19H21N3O3/c1-24-18-10-20-14(9-16(18)23)12-22-8-4-5-13(11-22)19-21-15-6-2-3-7-17(15)25-19/h2-3,6-7,9-10,13H,4-5,8,11-12H2,1H3,(H,20,23)/t13-/m0/s1. The van der Waals surface area contributed by atoms with Gasteiger partial charge in [0.1, 0.15) is 5.52 Å². The van der Waals surface area contributed by atoms with Crippen molar-refractivity contribution in [1.29, 1.82) is 0 Å². The summed E-state index contributed by atoms with van der Waals surface area (Å²) >= 11 is 0. The molecule has 4 rings (SSSR count). The van der Waals surface area contributed by atoms with Crippen LogP contribution < -0.4 is 10.2 Å². The number of nitrogens with one attached hydrogen (secondary N) is 1.